The second kappa shape index (κ2) is 6.81. The summed E-state index contributed by atoms with van der Waals surface area (Å²) in [5.41, 5.74) is 3.19. The molecule has 1 aromatic carbocycles. The third kappa shape index (κ3) is 3.80. The van der Waals surface area contributed by atoms with Gasteiger partial charge in [0.05, 0.1) is 6.54 Å². The van der Waals surface area contributed by atoms with E-state index >= 15 is 0 Å². The number of likely N-dealkylation sites (tertiary alicyclic amines) is 1. The number of halogens is 2. The van der Waals surface area contributed by atoms with Crippen LogP contribution in [0.15, 0.2) is 35.9 Å². The molecule has 1 aliphatic heterocycles. The molecule has 2 nitrogen and oxygen atoms in total. The van der Waals surface area contributed by atoms with Crippen LogP contribution in [0.4, 0.5) is 8.78 Å². The fourth-order valence-corrected chi connectivity index (χ4v) is 4.91. The SMILES string of the molecule is CC/C(=C\c1ccccc1)[C@@H]1C[C@H]1NC1CC2(C1)CN(CC(F)F)C2. The molecular formula is C21H28F2N2. The van der Waals surface area contributed by atoms with Crippen LogP contribution in [0, 0.1) is 11.3 Å². The van der Waals surface area contributed by atoms with E-state index in [9.17, 15) is 8.78 Å². The number of benzene rings is 1. The van der Waals surface area contributed by atoms with Crippen LogP contribution < -0.4 is 5.32 Å². The molecule has 0 unspecified atom stereocenters. The van der Waals surface area contributed by atoms with Gasteiger partial charge in [-0.3, -0.25) is 4.90 Å². The highest BCUT2D eigenvalue weighted by molar-refractivity contribution is 5.54. The molecular weight excluding hydrogens is 318 g/mol. The Kier molecular flexibility index (Phi) is 4.67. The lowest BCUT2D eigenvalue weighted by Crippen LogP contribution is -2.66. The number of alkyl halides is 2. The zero-order valence-corrected chi connectivity index (χ0v) is 14.9. The molecule has 0 bridgehead atoms. The molecule has 4 rings (SSSR count). The molecule has 1 heterocycles. The van der Waals surface area contributed by atoms with Crippen molar-refractivity contribution in [3.05, 3.63) is 41.5 Å². The maximum absolute atomic E-state index is 12.4. The summed E-state index contributed by atoms with van der Waals surface area (Å²) in [6.07, 6.45) is 4.84. The first-order valence-corrected chi connectivity index (χ1v) is 9.59. The molecule has 2 aliphatic carbocycles. The quantitative estimate of drug-likeness (QED) is 0.796. The molecule has 0 radical (unpaired) electrons. The summed E-state index contributed by atoms with van der Waals surface area (Å²) in [5, 5.41) is 3.81. The second-order valence-corrected chi connectivity index (χ2v) is 8.26. The number of nitrogens with zero attached hydrogens (tertiary/aromatic N) is 1. The molecule has 136 valence electrons. The van der Waals surface area contributed by atoms with Crippen LogP contribution in [-0.4, -0.2) is 43.0 Å². The van der Waals surface area contributed by atoms with Gasteiger partial charge < -0.3 is 5.32 Å². The van der Waals surface area contributed by atoms with E-state index in [0.29, 0.717) is 23.4 Å². The van der Waals surface area contributed by atoms with E-state index in [1.165, 1.54) is 24.8 Å². The average molecular weight is 346 g/mol. The van der Waals surface area contributed by atoms with Crippen LogP contribution >= 0.6 is 0 Å². The highest BCUT2D eigenvalue weighted by Crippen LogP contribution is 2.50. The molecule has 2 saturated carbocycles. The number of hydrogen-bond acceptors (Lipinski definition) is 2. The Labute approximate surface area is 149 Å². The first-order valence-electron chi connectivity index (χ1n) is 9.59. The summed E-state index contributed by atoms with van der Waals surface area (Å²) >= 11 is 0. The molecule has 1 aromatic rings. The molecule has 1 spiro atoms. The molecule has 3 fully saturated rings. The second-order valence-electron chi connectivity index (χ2n) is 8.26. The summed E-state index contributed by atoms with van der Waals surface area (Å²) in [4.78, 5) is 1.90. The minimum atomic E-state index is -2.19. The smallest absolute Gasteiger partial charge is 0.251 e. The van der Waals surface area contributed by atoms with Gasteiger partial charge >= 0.3 is 0 Å². The van der Waals surface area contributed by atoms with Crippen molar-refractivity contribution in [3.63, 3.8) is 0 Å². The highest BCUT2D eigenvalue weighted by Gasteiger charge is 2.54. The van der Waals surface area contributed by atoms with Gasteiger partial charge in [-0.05, 0) is 42.6 Å². The third-order valence-corrected chi connectivity index (χ3v) is 6.15. The van der Waals surface area contributed by atoms with Gasteiger partial charge in [-0.1, -0.05) is 48.9 Å². The van der Waals surface area contributed by atoms with Crippen molar-refractivity contribution in [1.82, 2.24) is 10.2 Å². The van der Waals surface area contributed by atoms with Crippen molar-refractivity contribution in [2.75, 3.05) is 19.6 Å². The third-order valence-electron chi connectivity index (χ3n) is 6.15. The van der Waals surface area contributed by atoms with E-state index in [2.05, 4.69) is 48.6 Å². The van der Waals surface area contributed by atoms with Gasteiger partial charge in [0.25, 0.3) is 6.43 Å². The Hall–Kier alpha value is -1.26. The first kappa shape index (κ1) is 17.2. The van der Waals surface area contributed by atoms with Gasteiger partial charge in [0, 0.05) is 25.2 Å². The van der Waals surface area contributed by atoms with Gasteiger partial charge in [0.15, 0.2) is 0 Å². The Morgan fingerprint density at radius 2 is 2.00 bits per heavy atom. The lowest BCUT2D eigenvalue weighted by Gasteiger charge is -2.59. The van der Waals surface area contributed by atoms with E-state index in [-0.39, 0.29) is 6.54 Å². The zero-order valence-electron chi connectivity index (χ0n) is 14.9. The van der Waals surface area contributed by atoms with Crippen LogP contribution in [0.25, 0.3) is 6.08 Å². The van der Waals surface area contributed by atoms with E-state index in [1.54, 1.807) is 5.57 Å². The van der Waals surface area contributed by atoms with E-state index in [4.69, 9.17) is 0 Å². The van der Waals surface area contributed by atoms with Crippen LogP contribution in [0.2, 0.25) is 0 Å². The fourth-order valence-electron chi connectivity index (χ4n) is 4.91. The summed E-state index contributed by atoms with van der Waals surface area (Å²) in [6.45, 7) is 3.94. The minimum Gasteiger partial charge on any atom is -0.311 e. The summed E-state index contributed by atoms with van der Waals surface area (Å²) in [5.74, 6) is 0.679. The van der Waals surface area contributed by atoms with Crippen molar-refractivity contribution in [2.45, 2.75) is 51.1 Å². The van der Waals surface area contributed by atoms with E-state index < -0.39 is 6.43 Å². The van der Waals surface area contributed by atoms with E-state index in [1.807, 2.05) is 4.90 Å². The largest absolute Gasteiger partial charge is 0.311 e. The molecule has 25 heavy (non-hydrogen) atoms. The summed E-state index contributed by atoms with van der Waals surface area (Å²) < 4.78 is 24.8. The monoisotopic (exact) mass is 346 g/mol. The maximum Gasteiger partial charge on any atom is 0.251 e. The number of rotatable bonds is 7. The summed E-state index contributed by atoms with van der Waals surface area (Å²) in [6, 6.07) is 11.8. The normalized spacial score (nSPS) is 28.9. The standard InChI is InChI=1S/C21H28F2N2/c1-2-16(8-15-6-4-3-5-7-15)18-9-19(18)24-17-10-21(11-17)13-25(14-21)12-20(22)23/h3-8,17-20,24H,2,9-14H2,1H3/b16-8+/t18-,19+/m0/s1. The van der Waals surface area contributed by atoms with Gasteiger partial charge in [-0.15, -0.1) is 0 Å². The van der Waals surface area contributed by atoms with Crippen molar-refractivity contribution in [3.8, 4) is 0 Å². The van der Waals surface area contributed by atoms with Crippen LogP contribution in [0.3, 0.4) is 0 Å². The average Bonchev–Trinajstić information content (AvgIpc) is 3.28. The molecule has 0 aromatic heterocycles. The topological polar surface area (TPSA) is 15.3 Å². The molecule has 1 N–H and O–H groups in total. The number of hydrogen-bond donors (Lipinski definition) is 1. The lowest BCUT2D eigenvalue weighted by atomic mass is 9.60. The maximum atomic E-state index is 12.4. The Morgan fingerprint density at radius 3 is 2.64 bits per heavy atom. The molecule has 1 saturated heterocycles. The van der Waals surface area contributed by atoms with Crippen molar-refractivity contribution in [2.24, 2.45) is 11.3 Å². The van der Waals surface area contributed by atoms with Crippen LogP contribution in [0.5, 0.6) is 0 Å². The Balaban J connectivity index is 1.22. The van der Waals surface area contributed by atoms with E-state index in [0.717, 1.165) is 19.5 Å². The molecule has 4 heteroatoms. The van der Waals surface area contributed by atoms with Gasteiger partial charge in [0.2, 0.25) is 0 Å². The van der Waals surface area contributed by atoms with Crippen molar-refractivity contribution < 1.29 is 8.78 Å². The highest BCUT2D eigenvalue weighted by atomic mass is 19.3. The fraction of sp³-hybridized carbons (Fsp3) is 0.619. The van der Waals surface area contributed by atoms with Crippen LogP contribution in [-0.2, 0) is 0 Å². The number of nitrogens with one attached hydrogen (secondary N) is 1. The minimum absolute atomic E-state index is 0.0469. The molecule has 2 atom stereocenters. The van der Waals surface area contributed by atoms with Crippen molar-refractivity contribution in [1.29, 1.82) is 0 Å². The van der Waals surface area contributed by atoms with Gasteiger partial charge in [-0.2, -0.15) is 0 Å². The Morgan fingerprint density at radius 1 is 1.28 bits per heavy atom. The molecule has 3 aliphatic rings. The predicted molar refractivity (Wildman–Crippen MR) is 97.6 cm³/mol. The zero-order chi connectivity index (χ0) is 17.4. The molecule has 0 amide bonds. The van der Waals surface area contributed by atoms with Crippen LogP contribution in [0.1, 0.15) is 38.2 Å². The predicted octanol–water partition coefficient (Wildman–Crippen LogP) is 4.19. The summed E-state index contributed by atoms with van der Waals surface area (Å²) in [7, 11) is 0. The lowest BCUT2D eigenvalue weighted by molar-refractivity contribution is -0.0964. The van der Waals surface area contributed by atoms with Gasteiger partial charge in [-0.25, -0.2) is 8.78 Å². The Bertz CT molecular complexity index is 614. The first-order chi connectivity index (χ1) is 12.1. The van der Waals surface area contributed by atoms with Crippen molar-refractivity contribution >= 4 is 6.08 Å². The van der Waals surface area contributed by atoms with Gasteiger partial charge in [0.1, 0.15) is 0 Å².